The van der Waals surface area contributed by atoms with E-state index < -0.39 is 0 Å². The minimum absolute atomic E-state index is 0. The van der Waals surface area contributed by atoms with Crippen LogP contribution in [0.25, 0.3) is 11.1 Å². The number of hydrogen-bond acceptors (Lipinski definition) is 5. The molecule has 1 saturated carbocycles. The number of nitrogens with one attached hydrogen (secondary N) is 2. The van der Waals surface area contributed by atoms with Crippen molar-refractivity contribution in [2.45, 2.75) is 50.6 Å². The van der Waals surface area contributed by atoms with Crippen molar-refractivity contribution >= 4 is 73.3 Å². The zero-order chi connectivity index (χ0) is 26.8. The number of rotatable bonds is 7. The Balaban J connectivity index is 0.00000220. The van der Waals surface area contributed by atoms with Gasteiger partial charge < -0.3 is 25.2 Å². The molecule has 8 nitrogen and oxygen atoms in total. The number of halogens is 4. The van der Waals surface area contributed by atoms with Crippen LogP contribution >= 0.6 is 61.5 Å². The molecule has 0 bridgehead atoms. The highest BCUT2D eigenvalue weighted by Gasteiger charge is 2.33. The summed E-state index contributed by atoms with van der Waals surface area (Å²) in [7, 11) is 2.16. The first-order valence-electron chi connectivity index (χ1n) is 13.7. The van der Waals surface area contributed by atoms with Gasteiger partial charge in [-0.05, 0) is 65.5 Å². The summed E-state index contributed by atoms with van der Waals surface area (Å²) >= 11 is 9.84. The van der Waals surface area contributed by atoms with Crippen molar-refractivity contribution in [3.8, 4) is 16.9 Å². The summed E-state index contributed by atoms with van der Waals surface area (Å²) < 4.78 is 2.65. The molecule has 3 heterocycles. The van der Waals surface area contributed by atoms with Gasteiger partial charge in [0.05, 0.1) is 15.7 Å². The Morgan fingerprint density at radius 3 is 2.52 bits per heavy atom. The van der Waals surface area contributed by atoms with Gasteiger partial charge in [0.25, 0.3) is 5.91 Å². The highest BCUT2D eigenvalue weighted by atomic mass is 79.9. The third-order valence-corrected chi connectivity index (χ3v) is 9.48. The molecule has 2 amide bonds. The number of phenolic OH excluding ortho intramolecular Hbond substituents is 1. The van der Waals surface area contributed by atoms with E-state index >= 15 is 0 Å². The predicted octanol–water partition coefficient (Wildman–Crippen LogP) is 5.42. The number of carbonyl (C=O) groups is 2. The maximum absolute atomic E-state index is 13.5. The second-order valence-electron chi connectivity index (χ2n) is 11.0. The van der Waals surface area contributed by atoms with Crippen molar-refractivity contribution < 1.29 is 14.7 Å². The second-order valence-corrected chi connectivity index (χ2v) is 12.2. The molecule has 222 valence electrons. The number of fused-ring (bicyclic) bond motifs is 1. The summed E-state index contributed by atoms with van der Waals surface area (Å²) in [5, 5.41) is 16.4. The lowest BCUT2D eigenvalue weighted by Gasteiger charge is -2.38. The Bertz CT molecular complexity index is 1180. The van der Waals surface area contributed by atoms with Crippen LogP contribution in [0, 0.1) is 5.92 Å². The van der Waals surface area contributed by atoms with Crippen LogP contribution in [0.15, 0.2) is 28.9 Å². The molecule has 2 fully saturated rings. The van der Waals surface area contributed by atoms with Crippen molar-refractivity contribution in [3.05, 3.63) is 39.6 Å². The van der Waals surface area contributed by atoms with Gasteiger partial charge in [-0.15, -0.1) is 34.0 Å². The van der Waals surface area contributed by atoms with Gasteiger partial charge in [0, 0.05) is 57.3 Å². The lowest BCUT2D eigenvalue weighted by Crippen LogP contribution is -2.53. The van der Waals surface area contributed by atoms with Crippen LogP contribution in [0.3, 0.4) is 0 Å². The van der Waals surface area contributed by atoms with Crippen molar-refractivity contribution in [2.75, 3.05) is 46.3 Å². The van der Waals surface area contributed by atoms with Crippen molar-refractivity contribution in [1.82, 2.24) is 25.0 Å². The van der Waals surface area contributed by atoms with E-state index in [1.54, 1.807) is 12.1 Å². The lowest BCUT2D eigenvalue weighted by molar-refractivity contribution is -0.123. The van der Waals surface area contributed by atoms with E-state index in [0.717, 1.165) is 48.5 Å². The molecule has 40 heavy (non-hydrogen) atoms. The van der Waals surface area contributed by atoms with Crippen LogP contribution in [0.4, 0.5) is 0 Å². The number of carbonyl (C=O) groups excluding carboxylic acids is 2. The van der Waals surface area contributed by atoms with Crippen molar-refractivity contribution in [3.63, 3.8) is 0 Å². The second kappa shape index (κ2) is 14.9. The van der Waals surface area contributed by atoms with E-state index in [-0.39, 0.29) is 75.1 Å². The third kappa shape index (κ3) is 7.64. The fourth-order valence-electron chi connectivity index (χ4n) is 6.10. The standard InChI is InChI=1S/C28H37BrClN5O3.2BrH/c1-33-9-11-34(12-10-33)17-23(18-5-3-2-4-6-18)32-26(37)14-20-16-31-28(38)24-15-21(27(29)35(20)24)19-7-8-25(36)22(30)13-19;;/h7-8,13,15,18,20,23,36H,2-6,9-12,14,16-17H2,1H3,(H,31,38)(H,32,37);2*1H/t20-,23+;;/m0../s1. The van der Waals surface area contributed by atoms with Crippen molar-refractivity contribution in [1.29, 1.82) is 0 Å². The van der Waals surface area contributed by atoms with Gasteiger partial charge in [-0.2, -0.15) is 0 Å². The van der Waals surface area contributed by atoms with E-state index in [9.17, 15) is 14.7 Å². The van der Waals surface area contributed by atoms with Crippen LogP contribution in [-0.4, -0.2) is 83.6 Å². The molecule has 1 aliphatic carbocycles. The van der Waals surface area contributed by atoms with Gasteiger partial charge in [-0.1, -0.05) is 36.9 Å². The number of aromatic hydroxyl groups is 1. The molecule has 12 heteroatoms. The maximum atomic E-state index is 13.5. The first-order chi connectivity index (χ1) is 18.3. The number of phenols is 1. The molecule has 0 spiro atoms. The number of aromatic nitrogens is 1. The SMILES string of the molecule is Br.Br.CN1CCN(C[C@@H](NC(=O)C[C@H]2CNC(=O)c3cc(-c4ccc(O)c(Cl)c4)c(Br)n32)C2CCCCC2)CC1. The highest BCUT2D eigenvalue weighted by molar-refractivity contribution is 9.10. The van der Waals surface area contributed by atoms with Crippen molar-refractivity contribution in [2.24, 2.45) is 5.92 Å². The molecular formula is C28H39Br3ClN5O3. The number of nitrogens with zero attached hydrogens (tertiary/aromatic N) is 3. The Morgan fingerprint density at radius 1 is 1.15 bits per heavy atom. The molecule has 2 aliphatic heterocycles. The van der Waals surface area contributed by atoms with Gasteiger partial charge in [0.2, 0.25) is 5.91 Å². The average Bonchev–Trinajstić information content (AvgIpc) is 3.27. The maximum Gasteiger partial charge on any atom is 0.268 e. The van der Waals surface area contributed by atoms with Gasteiger partial charge >= 0.3 is 0 Å². The topological polar surface area (TPSA) is 89.8 Å². The Morgan fingerprint density at radius 2 is 1.85 bits per heavy atom. The molecule has 2 aromatic rings. The minimum atomic E-state index is -0.214. The van der Waals surface area contributed by atoms with Gasteiger partial charge in [-0.25, -0.2) is 0 Å². The minimum Gasteiger partial charge on any atom is -0.506 e. The zero-order valence-corrected chi connectivity index (χ0v) is 28.5. The molecule has 5 rings (SSSR count). The predicted molar refractivity (Wildman–Crippen MR) is 173 cm³/mol. The monoisotopic (exact) mass is 765 g/mol. The normalized spacial score (nSPS) is 21.0. The van der Waals surface area contributed by atoms with Crippen LogP contribution < -0.4 is 10.6 Å². The van der Waals surface area contributed by atoms with Crippen LogP contribution in [0.2, 0.25) is 5.02 Å². The van der Waals surface area contributed by atoms with Crippen LogP contribution in [0.1, 0.15) is 55.1 Å². The van der Waals surface area contributed by atoms with Crippen LogP contribution in [-0.2, 0) is 4.79 Å². The number of hydrogen-bond donors (Lipinski definition) is 3. The quantitative estimate of drug-likeness (QED) is 0.351. The molecular weight excluding hydrogens is 730 g/mol. The van der Waals surface area contributed by atoms with Gasteiger partial charge in [0.15, 0.2) is 0 Å². The first-order valence-corrected chi connectivity index (χ1v) is 14.9. The van der Waals surface area contributed by atoms with E-state index in [1.165, 1.54) is 38.2 Å². The van der Waals surface area contributed by atoms with E-state index in [0.29, 0.717) is 18.2 Å². The number of likely N-dealkylation sites (N-methyl/N-ethyl adjacent to an activating group) is 1. The zero-order valence-electron chi connectivity index (χ0n) is 22.7. The number of amides is 2. The molecule has 2 atom stereocenters. The van der Waals surface area contributed by atoms with E-state index in [1.807, 2.05) is 10.6 Å². The van der Waals surface area contributed by atoms with Gasteiger partial charge in [-0.3, -0.25) is 14.5 Å². The number of benzene rings is 1. The Kier molecular flexibility index (Phi) is 12.4. The van der Waals surface area contributed by atoms with E-state index in [2.05, 4.69) is 43.4 Å². The molecule has 1 aromatic heterocycles. The third-order valence-electron chi connectivity index (χ3n) is 8.37. The summed E-state index contributed by atoms with van der Waals surface area (Å²) in [6.07, 6.45) is 6.37. The summed E-state index contributed by atoms with van der Waals surface area (Å²) in [5.74, 6) is 0.371. The number of piperazine rings is 1. The van der Waals surface area contributed by atoms with E-state index in [4.69, 9.17) is 11.6 Å². The highest BCUT2D eigenvalue weighted by Crippen LogP contribution is 2.38. The lowest BCUT2D eigenvalue weighted by atomic mass is 9.83. The summed E-state index contributed by atoms with van der Waals surface area (Å²) in [6, 6.07) is 6.72. The summed E-state index contributed by atoms with van der Waals surface area (Å²) in [5.41, 5.74) is 2.07. The Hall–Kier alpha value is -1.11. The van der Waals surface area contributed by atoms with Gasteiger partial charge in [0.1, 0.15) is 11.4 Å². The smallest absolute Gasteiger partial charge is 0.268 e. The molecule has 3 aliphatic rings. The molecule has 1 aromatic carbocycles. The summed E-state index contributed by atoms with van der Waals surface area (Å²) in [4.78, 5) is 31.1. The summed E-state index contributed by atoms with van der Waals surface area (Å²) in [6.45, 7) is 5.48. The Labute approximate surface area is 270 Å². The largest absolute Gasteiger partial charge is 0.506 e. The molecule has 0 unspecified atom stereocenters. The molecule has 3 N–H and O–H groups in total. The fraction of sp³-hybridized carbons (Fsp3) is 0.571. The first kappa shape index (κ1) is 33.4. The van der Waals surface area contributed by atoms with Crippen LogP contribution in [0.5, 0.6) is 5.75 Å². The fourth-order valence-corrected chi connectivity index (χ4v) is 7.11. The molecule has 0 radical (unpaired) electrons. The average molecular weight is 769 g/mol. The molecule has 1 saturated heterocycles.